The van der Waals surface area contributed by atoms with Crippen molar-refractivity contribution in [1.29, 1.82) is 0 Å². The van der Waals surface area contributed by atoms with Gasteiger partial charge in [0, 0.05) is 6.04 Å². The average molecular weight is 155 g/mol. The molecule has 0 radical (unpaired) electrons. The lowest BCUT2D eigenvalue weighted by molar-refractivity contribution is 0.0711. The monoisotopic (exact) mass is 155 g/mol. The molecule has 0 aromatic carbocycles. The summed E-state index contributed by atoms with van der Waals surface area (Å²) in [7, 11) is 0. The van der Waals surface area contributed by atoms with Gasteiger partial charge in [0.05, 0.1) is 6.10 Å². The Morgan fingerprint density at radius 1 is 1.18 bits per heavy atom. The molecule has 0 aromatic rings. The fourth-order valence-electron chi connectivity index (χ4n) is 2.46. The van der Waals surface area contributed by atoms with Crippen molar-refractivity contribution in [2.24, 2.45) is 5.92 Å². The Bertz CT molecular complexity index is 138. The molecular weight excluding hydrogens is 138 g/mol. The molecule has 3 atom stereocenters. The fraction of sp³-hybridized carbons (Fsp3) is 1.00. The summed E-state index contributed by atoms with van der Waals surface area (Å²) in [5.74, 6) is 0.868. The van der Waals surface area contributed by atoms with Crippen LogP contribution in [-0.4, -0.2) is 23.8 Å². The molecule has 0 amide bonds. The van der Waals surface area contributed by atoms with Crippen LogP contribution in [0.25, 0.3) is 0 Å². The SMILES string of the molecule is O[C@@H]1CC[C@H]2CCCN[C@H]2C1. The molecule has 1 aliphatic carbocycles. The van der Waals surface area contributed by atoms with Crippen LogP contribution in [-0.2, 0) is 0 Å². The quantitative estimate of drug-likeness (QED) is 0.544. The zero-order chi connectivity index (χ0) is 7.68. The van der Waals surface area contributed by atoms with E-state index in [1.807, 2.05) is 0 Å². The molecule has 2 N–H and O–H groups in total. The first kappa shape index (κ1) is 7.56. The number of hydrogen-bond donors (Lipinski definition) is 2. The molecule has 0 spiro atoms. The maximum absolute atomic E-state index is 9.41. The Morgan fingerprint density at radius 3 is 3.00 bits per heavy atom. The van der Waals surface area contributed by atoms with E-state index in [0.29, 0.717) is 6.04 Å². The zero-order valence-corrected chi connectivity index (χ0v) is 6.92. The van der Waals surface area contributed by atoms with Gasteiger partial charge in [0.2, 0.25) is 0 Å². The van der Waals surface area contributed by atoms with Gasteiger partial charge in [0.25, 0.3) is 0 Å². The van der Waals surface area contributed by atoms with Gasteiger partial charge in [-0.05, 0) is 44.6 Å². The molecule has 1 saturated heterocycles. The Morgan fingerprint density at radius 2 is 2.09 bits per heavy atom. The van der Waals surface area contributed by atoms with Gasteiger partial charge in [-0.15, -0.1) is 0 Å². The highest BCUT2D eigenvalue weighted by Gasteiger charge is 2.30. The second-order valence-corrected chi connectivity index (χ2v) is 3.93. The molecule has 2 fully saturated rings. The minimum atomic E-state index is -0.0261. The summed E-state index contributed by atoms with van der Waals surface area (Å²) < 4.78 is 0. The van der Waals surface area contributed by atoms with E-state index in [1.54, 1.807) is 0 Å². The number of hydrogen-bond acceptors (Lipinski definition) is 2. The first-order valence-electron chi connectivity index (χ1n) is 4.78. The van der Waals surface area contributed by atoms with Crippen molar-refractivity contribution in [1.82, 2.24) is 5.32 Å². The highest BCUT2D eigenvalue weighted by molar-refractivity contribution is 4.87. The van der Waals surface area contributed by atoms with E-state index in [-0.39, 0.29) is 6.10 Å². The molecule has 1 saturated carbocycles. The third-order valence-corrected chi connectivity index (χ3v) is 3.12. The summed E-state index contributed by atoms with van der Waals surface area (Å²) in [4.78, 5) is 0. The normalized spacial score (nSPS) is 45.0. The van der Waals surface area contributed by atoms with E-state index >= 15 is 0 Å². The van der Waals surface area contributed by atoms with E-state index in [9.17, 15) is 5.11 Å². The standard InChI is InChI=1S/C9H17NO/c11-8-4-3-7-2-1-5-10-9(7)6-8/h7-11H,1-6H2/t7-,8-,9+/m1/s1. The van der Waals surface area contributed by atoms with Crippen molar-refractivity contribution in [3.63, 3.8) is 0 Å². The molecule has 1 heterocycles. The zero-order valence-electron chi connectivity index (χ0n) is 6.92. The van der Waals surface area contributed by atoms with Gasteiger partial charge in [0.1, 0.15) is 0 Å². The van der Waals surface area contributed by atoms with Gasteiger partial charge in [0.15, 0.2) is 0 Å². The molecule has 0 unspecified atom stereocenters. The number of piperidine rings is 1. The second kappa shape index (κ2) is 3.11. The smallest absolute Gasteiger partial charge is 0.0555 e. The van der Waals surface area contributed by atoms with Crippen molar-refractivity contribution < 1.29 is 5.11 Å². The van der Waals surface area contributed by atoms with Crippen LogP contribution in [0, 0.1) is 5.92 Å². The second-order valence-electron chi connectivity index (χ2n) is 3.93. The van der Waals surface area contributed by atoms with Crippen molar-refractivity contribution in [2.45, 2.75) is 44.2 Å². The van der Waals surface area contributed by atoms with Gasteiger partial charge in [-0.3, -0.25) is 0 Å². The first-order valence-corrected chi connectivity index (χ1v) is 4.78. The lowest BCUT2D eigenvalue weighted by atomic mass is 9.78. The predicted molar refractivity (Wildman–Crippen MR) is 44.4 cm³/mol. The first-order chi connectivity index (χ1) is 5.36. The third-order valence-electron chi connectivity index (χ3n) is 3.12. The van der Waals surface area contributed by atoms with Crippen LogP contribution in [0.5, 0.6) is 0 Å². The number of fused-ring (bicyclic) bond motifs is 1. The Hall–Kier alpha value is -0.0800. The van der Waals surface area contributed by atoms with Crippen LogP contribution in [0.4, 0.5) is 0 Å². The maximum atomic E-state index is 9.41. The summed E-state index contributed by atoms with van der Waals surface area (Å²) in [6, 6.07) is 0.632. The van der Waals surface area contributed by atoms with Crippen molar-refractivity contribution in [2.75, 3.05) is 6.54 Å². The molecular formula is C9H17NO. The summed E-state index contributed by atoms with van der Waals surface area (Å²) in [6.07, 6.45) is 5.94. The average Bonchev–Trinajstić information content (AvgIpc) is 2.04. The minimum absolute atomic E-state index is 0.0261. The van der Waals surface area contributed by atoms with Crippen LogP contribution in [0.15, 0.2) is 0 Å². The van der Waals surface area contributed by atoms with Crippen LogP contribution in [0.2, 0.25) is 0 Å². The summed E-state index contributed by atoms with van der Waals surface area (Å²) >= 11 is 0. The molecule has 2 nitrogen and oxygen atoms in total. The number of rotatable bonds is 0. The van der Waals surface area contributed by atoms with Crippen LogP contribution < -0.4 is 5.32 Å². The third kappa shape index (κ3) is 1.57. The van der Waals surface area contributed by atoms with Crippen LogP contribution in [0.1, 0.15) is 32.1 Å². The number of aliphatic hydroxyl groups excluding tert-OH is 1. The molecule has 1 aliphatic heterocycles. The van der Waals surface area contributed by atoms with E-state index < -0.39 is 0 Å². The summed E-state index contributed by atoms with van der Waals surface area (Å²) in [6.45, 7) is 1.16. The summed E-state index contributed by atoms with van der Waals surface area (Å²) in [5.41, 5.74) is 0. The molecule has 2 rings (SSSR count). The van der Waals surface area contributed by atoms with Gasteiger partial charge < -0.3 is 10.4 Å². The highest BCUT2D eigenvalue weighted by atomic mass is 16.3. The molecule has 2 heteroatoms. The largest absolute Gasteiger partial charge is 0.393 e. The van der Waals surface area contributed by atoms with Crippen molar-refractivity contribution in [3.05, 3.63) is 0 Å². The Balaban J connectivity index is 1.93. The minimum Gasteiger partial charge on any atom is -0.393 e. The van der Waals surface area contributed by atoms with Crippen molar-refractivity contribution >= 4 is 0 Å². The van der Waals surface area contributed by atoms with E-state index in [4.69, 9.17) is 0 Å². The van der Waals surface area contributed by atoms with E-state index in [0.717, 1.165) is 25.3 Å². The molecule has 11 heavy (non-hydrogen) atoms. The van der Waals surface area contributed by atoms with E-state index in [2.05, 4.69) is 5.32 Å². The topological polar surface area (TPSA) is 32.3 Å². The molecule has 0 aromatic heterocycles. The van der Waals surface area contributed by atoms with Gasteiger partial charge in [-0.1, -0.05) is 0 Å². The number of nitrogens with one attached hydrogen (secondary N) is 1. The Kier molecular flexibility index (Phi) is 2.14. The maximum Gasteiger partial charge on any atom is 0.0555 e. The highest BCUT2D eigenvalue weighted by Crippen LogP contribution is 2.30. The Labute approximate surface area is 68.0 Å². The lowest BCUT2D eigenvalue weighted by Crippen LogP contribution is -2.46. The molecule has 64 valence electrons. The molecule has 0 bridgehead atoms. The van der Waals surface area contributed by atoms with Gasteiger partial charge in [-0.25, -0.2) is 0 Å². The van der Waals surface area contributed by atoms with Gasteiger partial charge >= 0.3 is 0 Å². The number of aliphatic hydroxyl groups is 1. The van der Waals surface area contributed by atoms with Crippen molar-refractivity contribution in [3.8, 4) is 0 Å². The van der Waals surface area contributed by atoms with E-state index in [1.165, 1.54) is 19.3 Å². The van der Waals surface area contributed by atoms with Crippen LogP contribution in [0.3, 0.4) is 0 Å². The summed E-state index contributed by atoms with van der Waals surface area (Å²) in [5, 5.41) is 12.9. The lowest BCUT2D eigenvalue weighted by Gasteiger charge is -2.38. The predicted octanol–water partition coefficient (Wildman–Crippen LogP) is 0.899. The van der Waals surface area contributed by atoms with Crippen LogP contribution >= 0.6 is 0 Å². The molecule has 2 aliphatic rings. The fourth-order valence-corrected chi connectivity index (χ4v) is 2.46. The van der Waals surface area contributed by atoms with Gasteiger partial charge in [-0.2, -0.15) is 0 Å².